The van der Waals surface area contributed by atoms with Gasteiger partial charge in [0.15, 0.2) is 5.69 Å². The molecule has 0 aliphatic carbocycles. The van der Waals surface area contributed by atoms with E-state index in [9.17, 15) is 4.79 Å². The van der Waals surface area contributed by atoms with Crippen LogP contribution >= 0.6 is 0 Å². The average molecular weight is 294 g/mol. The van der Waals surface area contributed by atoms with Gasteiger partial charge >= 0.3 is 5.97 Å². The zero-order valence-electron chi connectivity index (χ0n) is 13.3. The Morgan fingerprint density at radius 2 is 2.05 bits per heavy atom. The lowest BCUT2D eigenvalue weighted by Gasteiger charge is -2.21. The number of likely N-dealkylation sites (tertiary alicyclic amines) is 1. The number of esters is 1. The Bertz CT molecular complexity index is 492. The summed E-state index contributed by atoms with van der Waals surface area (Å²) in [7, 11) is 1.35. The predicted molar refractivity (Wildman–Crippen MR) is 82.2 cm³/mol. The highest BCUT2D eigenvalue weighted by molar-refractivity contribution is 5.92. The first-order valence-electron chi connectivity index (χ1n) is 7.72. The number of carbonyl (C=O) groups excluding carboxylic acids is 1. The molecule has 2 rings (SSSR count). The van der Waals surface area contributed by atoms with Crippen LogP contribution in [0.4, 0.5) is 5.82 Å². The van der Waals surface area contributed by atoms with Gasteiger partial charge in [-0.25, -0.2) is 9.78 Å². The number of hydrogen-bond acceptors (Lipinski definition) is 5. The molecule has 1 aliphatic heterocycles. The van der Waals surface area contributed by atoms with Crippen LogP contribution < -0.4 is 5.73 Å². The van der Waals surface area contributed by atoms with Crippen molar-refractivity contribution >= 4 is 11.8 Å². The van der Waals surface area contributed by atoms with E-state index in [-0.39, 0.29) is 5.69 Å². The number of nitrogens with zero attached hydrogens (tertiary/aromatic N) is 3. The van der Waals surface area contributed by atoms with Crippen molar-refractivity contribution in [2.75, 3.05) is 32.5 Å². The smallest absolute Gasteiger partial charge is 0.360 e. The molecule has 1 atom stereocenters. The van der Waals surface area contributed by atoms with Crippen molar-refractivity contribution in [1.29, 1.82) is 0 Å². The molecule has 0 bridgehead atoms. The van der Waals surface area contributed by atoms with Crippen LogP contribution in [0, 0.1) is 5.92 Å². The van der Waals surface area contributed by atoms with Gasteiger partial charge in [-0.1, -0.05) is 13.8 Å². The van der Waals surface area contributed by atoms with Gasteiger partial charge in [0, 0.05) is 19.5 Å². The second kappa shape index (κ2) is 6.93. The Balaban J connectivity index is 2.10. The number of aromatic nitrogens is 2. The Morgan fingerprint density at radius 3 is 2.62 bits per heavy atom. The molecule has 6 nitrogen and oxygen atoms in total. The van der Waals surface area contributed by atoms with Crippen molar-refractivity contribution in [1.82, 2.24) is 14.5 Å². The van der Waals surface area contributed by atoms with Crippen LogP contribution in [-0.2, 0) is 17.7 Å². The summed E-state index contributed by atoms with van der Waals surface area (Å²) in [5.74, 6) is 1.27. The molecule has 1 aliphatic rings. The fourth-order valence-corrected chi connectivity index (χ4v) is 3.01. The van der Waals surface area contributed by atoms with E-state index in [1.165, 1.54) is 33.0 Å². The lowest BCUT2D eigenvalue weighted by Crippen LogP contribution is -2.28. The van der Waals surface area contributed by atoms with Gasteiger partial charge in [0.05, 0.1) is 7.11 Å². The van der Waals surface area contributed by atoms with Crippen LogP contribution in [-0.4, -0.2) is 47.2 Å². The Hall–Kier alpha value is -1.56. The number of ether oxygens (including phenoxy) is 1. The third-order valence-electron chi connectivity index (χ3n) is 4.04. The van der Waals surface area contributed by atoms with E-state index < -0.39 is 5.97 Å². The number of nitrogen functional groups attached to an aromatic ring is 1. The molecule has 0 aromatic carbocycles. The number of carbonyl (C=O) groups is 1. The van der Waals surface area contributed by atoms with Gasteiger partial charge in [0.2, 0.25) is 0 Å². The summed E-state index contributed by atoms with van der Waals surface area (Å²) < 4.78 is 6.70. The van der Waals surface area contributed by atoms with Crippen LogP contribution in [0.5, 0.6) is 0 Å². The molecule has 1 unspecified atom stereocenters. The van der Waals surface area contributed by atoms with Crippen molar-refractivity contribution in [3.05, 3.63) is 11.5 Å². The molecule has 0 radical (unpaired) electrons. The van der Waals surface area contributed by atoms with Crippen molar-refractivity contribution in [2.24, 2.45) is 5.92 Å². The van der Waals surface area contributed by atoms with Crippen LogP contribution in [0.25, 0.3) is 0 Å². The third kappa shape index (κ3) is 3.56. The van der Waals surface area contributed by atoms with Gasteiger partial charge in [-0.3, -0.25) is 0 Å². The van der Waals surface area contributed by atoms with E-state index >= 15 is 0 Å². The van der Waals surface area contributed by atoms with Gasteiger partial charge in [0.1, 0.15) is 11.6 Å². The Morgan fingerprint density at radius 1 is 1.38 bits per heavy atom. The van der Waals surface area contributed by atoms with Gasteiger partial charge < -0.3 is 19.9 Å². The number of imidazole rings is 1. The highest BCUT2D eigenvalue weighted by Crippen LogP contribution is 2.19. The number of anilines is 1. The minimum Gasteiger partial charge on any atom is -0.464 e. The molecule has 2 N–H and O–H groups in total. The maximum absolute atomic E-state index is 11.7. The molecule has 0 spiro atoms. The zero-order valence-corrected chi connectivity index (χ0v) is 13.3. The molecule has 6 heteroatoms. The minimum absolute atomic E-state index is 0.239. The summed E-state index contributed by atoms with van der Waals surface area (Å²) in [6, 6.07) is 0. The first-order valence-corrected chi connectivity index (χ1v) is 7.72. The molecular weight excluding hydrogens is 268 g/mol. The molecule has 1 aromatic rings. The lowest BCUT2D eigenvalue weighted by molar-refractivity contribution is 0.0595. The van der Waals surface area contributed by atoms with E-state index in [2.05, 4.69) is 16.8 Å². The van der Waals surface area contributed by atoms with Crippen LogP contribution in [0.2, 0.25) is 0 Å². The van der Waals surface area contributed by atoms with E-state index in [4.69, 9.17) is 10.5 Å². The number of hydrogen-bond donors (Lipinski definition) is 1. The normalized spacial score (nSPS) is 17.1. The summed E-state index contributed by atoms with van der Waals surface area (Å²) in [6.45, 7) is 8.47. The third-order valence-corrected chi connectivity index (χ3v) is 4.04. The molecule has 1 saturated heterocycles. The Labute approximate surface area is 126 Å². The molecule has 0 saturated carbocycles. The van der Waals surface area contributed by atoms with Crippen LogP contribution in [0.1, 0.15) is 43.0 Å². The molecule has 2 heterocycles. The average Bonchev–Trinajstić information content (AvgIpc) is 3.07. The van der Waals surface area contributed by atoms with Crippen LogP contribution in [0.15, 0.2) is 0 Å². The van der Waals surface area contributed by atoms with Gasteiger partial charge in [-0.05, 0) is 31.8 Å². The van der Waals surface area contributed by atoms with E-state index in [1.807, 2.05) is 11.5 Å². The summed E-state index contributed by atoms with van der Waals surface area (Å²) >= 11 is 0. The van der Waals surface area contributed by atoms with E-state index in [0.29, 0.717) is 11.7 Å². The SMILES string of the molecule is CCc1nc(C(=O)OC)c(N)n1CC(C)CN1CCCC1. The monoisotopic (exact) mass is 294 g/mol. The molecule has 118 valence electrons. The maximum Gasteiger partial charge on any atom is 0.360 e. The first-order chi connectivity index (χ1) is 10.1. The summed E-state index contributed by atoms with van der Waals surface area (Å²) in [4.78, 5) is 18.5. The standard InChI is InChI=1S/C15H26N4O2/c1-4-12-17-13(15(20)21-3)14(16)19(12)10-11(2)9-18-7-5-6-8-18/h11H,4-10,16H2,1-3H3. The zero-order chi connectivity index (χ0) is 15.4. The maximum atomic E-state index is 11.7. The van der Waals surface area contributed by atoms with Gasteiger partial charge in [0.25, 0.3) is 0 Å². The number of nitrogens with two attached hydrogens (primary N) is 1. The predicted octanol–water partition coefficient (Wildman–Crippen LogP) is 1.55. The number of rotatable bonds is 6. The van der Waals surface area contributed by atoms with Crippen molar-refractivity contribution in [2.45, 2.75) is 39.7 Å². The highest BCUT2D eigenvalue weighted by Gasteiger charge is 2.22. The van der Waals surface area contributed by atoms with Crippen molar-refractivity contribution < 1.29 is 9.53 Å². The minimum atomic E-state index is -0.465. The molecule has 1 aromatic heterocycles. The largest absolute Gasteiger partial charge is 0.464 e. The fraction of sp³-hybridized carbons (Fsp3) is 0.733. The molecule has 0 amide bonds. The Kier molecular flexibility index (Phi) is 5.22. The highest BCUT2D eigenvalue weighted by atomic mass is 16.5. The summed E-state index contributed by atoms with van der Waals surface area (Å²) in [5.41, 5.74) is 6.34. The van der Waals surface area contributed by atoms with Gasteiger partial charge in [-0.15, -0.1) is 0 Å². The molecule has 21 heavy (non-hydrogen) atoms. The first kappa shape index (κ1) is 15.8. The van der Waals surface area contributed by atoms with E-state index in [0.717, 1.165) is 25.3 Å². The second-order valence-corrected chi connectivity index (χ2v) is 5.83. The van der Waals surface area contributed by atoms with Crippen molar-refractivity contribution in [3.63, 3.8) is 0 Å². The number of methoxy groups -OCH3 is 1. The quantitative estimate of drug-likeness (QED) is 0.806. The van der Waals surface area contributed by atoms with Gasteiger partial charge in [-0.2, -0.15) is 0 Å². The molecular formula is C15H26N4O2. The molecule has 1 fully saturated rings. The van der Waals surface area contributed by atoms with Crippen molar-refractivity contribution in [3.8, 4) is 0 Å². The number of aryl methyl sites for hydroxylation is 1. The fourth-order valence-electron chi connectivity index (χ4n) is 3.01. The van der Waals surface area contributed by atoms with E-state index in [1.54, 1.807) is 0 Å². The lowest BCUT2D eigenvalue weighted by atomic mass is 10.1. The van der Waals surface area contributed by atoms with Crippen LogP contribution in [0.3, 0.4) is 0 Å². The topological polar surface area (TPSA) is 73.4 Å². The second-order valence-electron chi connectivity index (χ2n) is 5.83. The summed E-state index contributed by atoms with van der Waals surface area (Å²) in [6.07, 6.45) is 3.34. The summed E-state index contributed by atoms with van der Waals surface area (Å²) in [5, 5.41) is 0.